The minimum Gasteiger partial charge on any atom is -0.398 e. The van der Waals surface area contributed by atoms with Crippen LogP contribution in [0.2, 0.25) is 0 Å². The van der Waals surface area contributed by atoms with E-state index in [9.17, 15) is 9.59 Å². The van der Waals surface area contributed by atoms with Crippen LogP contribution in [0.1, 0.15) is 50.0 Å². The Bertz CT molecular complexity index is 844. The molecule has 1 saturated heterocycles. The lowest BCUT2D eigenvalue weighted by Crippen LogP contribution is -2.31. The third-order valence-electron chi connectivity index (χ3n) is 5.52. The maximum atomic E-state index is 12.9. The normalized spacial score (nSPS) is 21.0. The average Bonchev–Trinajstić information content (AvgIpc) is 2.98. The van der Waals surface area contributed by atoms with Crippen LogP contribution in [0.15, 0.2) is 53.4 Å². The number of carbonyl (C=O) groups excluding carboxylic acids is 2. The van der Waals surface area contributed by atoms with Gasteiger partial charge >= 0.3 is 0 Å². The van der Waals surface area contributed by atoms with Gasteiger partial charge in [0.25, 0.3) is 0 Å². The van der Waals surface area contributed by atoms with Crippen LogP contribution in [0.25, 0.3) is 0 Å². The molecule has 2 aromatic rings. The summed E-state index contributed by atoms with van der Waals surface area (Å²) in [6, 6.07) is 15.5. The molecule has 2 amide bonds. The van der Waals surface area contributed by atoms with Crippen LogP contribution in [-0.2, 0) is 9.59 Å². The molecular formula is C22H24N2O2S. The molecule has 2 aliphatic rings. The highest BCUT2D eigenvalue weighted by Crippen LogP contribution is 2.37. The van der Waals surface area contributed by atoms with Crippen molar-refractivity contribution >= 4 is 35.0 Å². The van der Waals surface area contributed by atoms with E-state index in [1.165, 1.54) is 54.3 Å². The van der Waals surface area contributed by atoms with Gasteiger partial charge in [0.15, 0.2) is 0 Å². The summed E-state index contributed by atoms with van der Waals surface area (Å²) >= 11 is 1.38. The smallest absolute Gasteiger partial charge is 0.247 e. The third-order valence-corrected chi connectivity index (χ3v) is 6.80. The van der Waals surface area contributed by atoms with E-state index >= 15 is 0 Å². The molecule has 27 heavy (non-hydrogen) atoms. The van der Waals surface area contributed by atoms with Crippen LogP contribution in [0, 0.1) is 0 Å². The summed E-state index contributed by atoms with van der Waals surface area (Å²) in [5.41, 5.74) is 8.61. The Labute approximate surface area is 164 Å². The number of carbonyl (C=O) groups is 2. The molecule has 0 aromatic heterocycles. The van der Waals surface area contributed by atoms with Crippen molar-refractivity contribution in [1.82, 2.24) is 0 Å². The summed E-state index contributed by atoms with van der Waals surface area (Å²) in [5.74, 6) is 0.318. The number of hydrogen-bond donors (Lipinski definition) is 1. The fourth-order valence-corrected chi connectivity index (χ4v) is 5.14. The maximum Gasteiger partial charge on any atom is 0.247 e. The molecule has 0 spiro atoms. The van der Waals surface area contributed by atoms with E-state index in [1.807, 2.05) is 36.4 Å². The van der Waals surface area contributed by atoms with Crippen molar-refractivity contribution < 1.29 is 9.59 Å². The zero-order chi connectivity index (χ0) is 18.8. The molecule has 4 nitrogen and oxygen atoms in total. The number of amides is 2. The Morgan fingerprint density at radius 1 is 0.926 bits per heavy atom. The number of rotatable bonds is 4. The first-order chi connectivity index (χ1) is 13.1. The predicted molar refractivity (Wildman–Crippen MR) is 110 cm³/mol. The number of nitrogen functional groups attached to an aromatic ring is 1. The molecule has 0 bridgehead atoms. The van der Waals surface area contributed by atoms with E-state index in [-0.39, 0.29) is 18.2 Å². The van der Waals surface area contributed by atoms with Gasteiger partial charge in [-0.1, -0.05) is 43.5 Å². The van der Waals surface area contributed by atoms with Gasteiger partial charge < -0.3 is 5.73 Å². The minimum atomic E-state index is -0.416. The van der Waals surface area contributed by atoms with Gasteiger partial charge in [-0.25, -0.2) is 4.90 Å². The van der Waals surface area contributed by atoms with Crippen LogP contribution < -0.4 is 10.6 Å². The van der Waals surface area contributed by atoms with Gasteiger partial charge in [-0.2, -0.15) is 0 Å². The lowest BCUT2D eigenvalue weighted by Gasteiger charge is -2.23. The van der Waals surface area contributed by atoms with Crippen molar-refractivity contribution in [2.75, 3.05) is 10.6 Å². The second-order valence-electron chi connectivity index (χ2n) is 7.34. The molecule has 1 heterocycles. The van der Waals surface area contributed by atoms with Gasteiger partial charge in [0.1, 0.15) is 0 Å². The largest absolute Gasteiger partial charge is 0.398 e. The van der Waals surface area contributed by atoms with Crippen LogP contribution >= 0.6 is 11.8 Å². The van der Waals surface area contributed by atoms with E-state index in [0.717, 1.165) is 4.90 Å². The van der Waals surface area contributed by atoms with E-state index in [0.29, 0.717) is 17.3 Å². The molecule has 2 fully saturated rings. The molecule has 1 aliphatic heterocycles. The van der Waals surface area contributed by atoms with Gasteiger partial charge in [0, 0.05) is 17.0 Å². The van der Waals surface area contributed by atoms with Crippen LogP contribution in [0.5, 0.6) is 0 Å². The number of para-hydroxylation sites is 1. The average molecular weight is 381 g/mol. The van der Waals surface area contributed by atoms with Crippen molar-refractivity contribution in [2.24, 2.45) is 0 Å². The van der Waals surface area contributed by atoms with E-state index in [4.69, 9.17) is 5.73 Å². The molecule has 4 rings (SSSR count). The number of imide groups is 1. The van der Waals surface area contributed by atoms with Gasteiger partial charge in [-0.05, 0) is 48.6 Å². The van der Waals surface area contributed by atoms with Gasteiger partial charge in [-0.15, -0.1) is 11.8 Å². The maximum absolute atomic E-state index is 12.9. The van der Waals surface area contributed by atoms with E-state index in [2.05, 4.69) is 12.1 Å². The number of thioether (sulfide) groups is 1. The Morgan fingerprint density at radius 2 is 1.63 bits per heavy atom. The highest BCUT2D eigenvalue weighted by molar-refractivity contribution is 8.00. The lowest BCUT2D eigenvalue weighted by molar-refractivity contribution is -0.121. The van der Waals surface area contributed by atoms with Crippen molar-refractivity contribution in [1.29, 1.82) is 0 Å². The van der Waals surface area contributed by atoms with Crippen molar-refractivity contribution in [3.05, 3.63) is 54.1 Å². The monoisotopic (exact) mass is 380 g/mol. The molecule has 1 unspecified atom stereocenters. The number of hydrogen-bond acceptors (Lipinski definition) is 4. The second kappa shape index (κ2) is 7.77. The summed E-state index contributed by atoms with van der Waals surface area (Å²) in [6.45, 7) is 0. The first kappa shape index (κ1) is 18.1. The standard InChI is InChI=1S/C22H24N2O2S/c23-18-8-4-5-9-19(18)27-20-14-21(25)24(22(20)26)17-12-10-16(11-13-17)15-6-2-1-3-7-15/h4-5,8-13,15,20H,1-3,6-7,14,23H2. The highest BCUT2D eigenvalue weighted by atomic mass is 32.2. The Hall–Kier alpha value is -2.27. The first-order valence-corrected chi connectivity index (χ1v) is 10.5. The summed E-state index contributed by atoms with van der Waals surface area (Å²) in [5, 5.41) is -0.416. The lowest BCUT2D eigenvalue weighted by atomic mass is 9.84. The number of nitrogens with zero attached hydrogens (tertiary/aromatic N) is 1. The van der Waals surface area contributed by atoms with Crippen LogP contribution in [0.3, 0.4) is 0 Å². The Morgan fingerprint density at radius 3 is 2.33 bits per heavy atom. The van der Waals surface area contributed by atoms with Crippen molar-refractivity contribution in [2.45, 2.75) is 54.6 Å². The molecule has 140 valence electrons. The molecule has 1 aliphatic carbocycles. The molecule has 0 radical (unpaired) electrons. The number of anilines is 2. The molecule has 2 aromatic carbocycles. The zero-order valence-corrected chi connectivity index (χ0v) is 16.1. The summed E-state index contributed by atoms with van der Waals surface area (Å²) < 4.78 is 0. The molecule has 5 heteroatoms. The van der Waals surface area contributed by atoms with Crippen molar-refractivity contribution in [3.8, 4) is 0 Å². The Balaban J connectivity index is 1.49. The molecule has 1 atom stereocenters. The SMILES string of the molecule is Nc1ccccc1SC1CC(=O)N(c2ccc(C3CCCCC3)cc2)C1=O. The van der Waals surface area contributed by atoms with Gasteiger partial charge in [0.05, 0.1) is 10.9 Å². The Kier molecular flexibility index (Phi) is 5.21. The second-order valence-corrected chi connectivity index (χ2v) is 8.59. The van der Waals surface area contributed by atoms with Crippen LogP contribution in [-0.4, -0.2) is 17.1 Å². The van der Waals surface area contributed by atoms with Crippen LogP contribution in [0.4, 0.5) is 11.4 Å². The fraction of sp³-hybridized carbons (Fsp3) is 0.364. The molecule has 1 saturated carbocycles. The molecule has 2 N–H and O–H groups in total. The van der Waals surface area contributed by atoms with E-state index in [1.54, 1.807) is 0 Å². The predicted octanol–water partition coefficient (Wildman–Crippen LogP) is 4.74. The number of nitrogens with two attached hydrogens (primary N) is 1. The van der Waals surface area contributed by atoms with Gasteiger partial charge in [-0.3, -0.25) is 9.59 Å². The fourth-order valence-electron chi connectivity index (χ4n) is 4.04. The zero-order valence-electron chi connectivity index (χ0n) is 15.3. The summed E-state index contributed by atoms with van der Waals surface area (Å²) in [7, 11) is 0. The summed E-state index contributed by atoms with van der Waals surface area (Å²) in [4.78, 5) is 27.6. The topological polar surface area (TPSA) is 63.4 Å². The first-order valence-electron chi connectivity index (χ1n) is 9.61. The minimum absolute atomic E-state index is 0.141. The highest BCUT2D eigenvalue weighted by Gasteiger charge is 2.40. The summed E-state index contributed by atoms with van der Waals surface area (Å²) in [6.07, 6.45) is 6.59. The van der Waals surface area contributed by atoms with E-state index < -0.39 is 5.25 Å². The van der Waals surface area contributed by atoms with Crippen molar-refractivity contribution in [3.63, 3.8) is 0 Å². The third kappa shape index (κ3) is 3.74. The van der Waals surface area contributed by atoms with Gasteiger partial charge in [0.2, 0.25) is 11.8 Å². The quantitative estimate of drug-likeness (QED) is 0.615. The number of benzene rings is 2. The molecular weight excluding hydrogens is 356 g/mol.